The number of likely N-dealkylation sites (N-methyl/N-ethyl adjacent to an activating group) is 1. The van der Waals surface area contributed by atoms with Crippen LogP contribution in [0, 0.1) is 0 Å². The van der Waals surface area contributed by atoms with Crippen molar-refractivity contribution in [2.45, 2.75) is 19.4 Å². The molecule has 1 atom stereocenters. The van der Waals surface area contributed by atoms with Crippen molar-refractivity contribution in [3.8, 4) is 0 Å². The van der Waals surface area contributed by atoms with E-state index in [1.165, 1.54) is 0 Å². The molecular weight excluding hydrogens is 290 g/mol. The molecule has 1 saturated heterocycles. The molecule has 1 aliphatic heterocycles. The predicted octanol–water partition coefficient (Wildman–Crippen LogP) is 1.32. The van der Waals surface area contributed by atoms with Crippen LogP contribution in [-0.2, 0) is 0 Å². The first-order valence-electron chi connectivity index (χ1n) is 8.28. The summed E-state index contributed by atoms with van der Waals surface area (Å²) in [5.41, 5.74) is 1.37. The molecule has 0 saturated carbocycles. The highest BCUT2D eigenvalue weighted by molar-refractivity contribution is 6.04. The van der Waals surface area contributed by atoms with E-state index in [0.717, 1.165) is 50.0 Å². The smallest absolute Gasteiger partial charge is 0.272 e. The molecule has 1 aliphatic rings. The molecule has 3 rings (SSSR count). The molecule has 2 aromatic rings. The summed E-state index contributed by atoms with van der Waals surface area (Å²) < 4.78 is 0. The van der Waals surface area contributed by atoms with Crippen molar-refractivity contribution in [3.05, 3.63) is 30.0 Å². The van der Waals surface area contributed by atoms with E-state index in [-0.39, 0.29) is 11.9 Å². The minimum Gasteiger partial charge on any atom is -0.348 e. The van der Waals surface area contributed by atoms with Gasteiger partial charge in [0.25, 0.3) is 5.91 Å². The van der Waals surface area contributed by atoms with E-state index in [4.69, 9.17) is 0 Å². The Morgan fingerprint density at radius 1 is 1.30 bits per heavy atom. The van der Waals surface area contributed by atoms with Crippen molar-refractivity contribution in [1.29, 1.82) is 0 Å². The monoisotopic (exact) mass is 315 g/mol. The second-order valence-corrected chi connectivity index (χ2v) is 6.43. The van der Waals surface area contributed by atoms with Crippen molar-refractivity contribution in [1.82, 2.24) is 25.3 Å². The van der Waals surface area contributed by atoms with Crippen LogP contribution in [0.4, 0.5) is 0 Å². The van der Waals surface area contributed by atoms with Gasteiger partial charge < -0.3 is 15.1 Å². The lowest BCUT2D eigenvalue weighted by Gasteiger charge is -2.32. The number of carbonyl (C=O) groups is 1. The zero-order chi connectivity index (χ0) is 16.2. The van der Waals surface area contributed by atoms with Gasteiger partial charge in [-0.25, -0.2) is 0 Å². The van der Waals surface area contributed by atoms with Crippen LogP contribution in [0.1, 0.15) is 23.8 Å². The molecule has 1 aromatic carbocycles. The van der Waals surface area contributed by atoms with Gasteiger partial charge in [0.05, 0.1) is 5.52 Å². The number of benzene rings is 1. The fraction of sp³-hybridized carbons (Fsp3) is 0.529. The zero-order valence-corrected chi connectivity index (χ0v) is 13.9. The van der Waals surface area contributed by atoms with Gasteiger partial charge in [-0.3, -0.25) is 9.89 Å². The summed E-state index contributed by atoms with van der Waals surface area (Å²) in [6.07, 6.45) is 0.956. The first-order valence-corrected chi connectivity index (χ1v) is 8.28. The number of rotatable bonds is 5. The maximum Gasteiger partial charge on any atom is 0.272 e. The van der Waals surface area contributed by atoms with Crippen molar-refractivity contribution in [2.75, 3.05) is 39.8 Å². The topological polar surface area (TPSA) is 64.3 Å². The number of aromatic nitrogens is 2. The van der Waals surface area contributed by atoms with E-state index in [0.29, 0.717) is 5.69 Å². The summed E-state index contributed by atoms with van der Waals surface area (Å²) in [5, 5.41) is 11.0. The number of carbonyl (C=O) groups excluding carboxylic acids is 1. The lowest BCUT2D eigenvalue weighted by Crippen LogP contribution is -2.46. The second-order valence-electron chi connectivity index (χ2n) is 6.43. The Bertz CT molecular complexity index is 660. The maximum atomic E-state index is 12.4. The van der Waals surface area contributed by atoms with Gasteiger partial charge >= 0.3 is 0 Å². The summed E-state index contributed by atoms with van der Waals surface area (Å²) in [5.74, 6) is -0.103. The molecule has 0 radical (unpaired) electrons. The van der Waals surface area contributed by atoms with Crippen LogP contribution >= 0.6 is 0 Å². The van der Waals surface area contributed by atoms with E-state index in [9.17, 15) is 4.79 Å². The van der Waals surface area contributed by atoms with Gasteiger partial charge in [0, 0.05) is 44.2 Å². The summed E-state index contributed by atoms with van der Waals surface area (Å²) in [7, 11) is 2.16. The van der Waals surface area contributed by atoms with Crippen LogP contribution in [0.5, 0.6) is 0 Å². The van der Waals surface area contributed by atoms with Gasteiger partial charge in [0.15, 0.2) is 5.69 Å². The third-order valence-electron chi connectivity index (χ3n) is 4.54. The number of H-pyrrole nitrogens is 1. The predicted molar refractivity (Wildman–Crippen MR) is 91.6 cm³/mol. The van der Waals surface area contributed by atoms with Gasteiger partial charge in [0.2, 0.25) is 0 Å². The molecule has 2 N–H and O–H groups in total. The van der Waals surface area contributed by atoms with Crippen LogP contribution in [0.25, 0.3) is 10.9 Å². The second kappa shape index (κ2) is 7.10. The van der Waals surface area contributed by atoms with E-state index in [2.05, 4.69) is 39.3 Å². The van der Waals surface area contributed by atoms with E-state index >= 15 is 0 Å². The van der Waals surface area contributed by atoms with Crippen molar-refractivity contribution >= 4 is 16.8 Å². The Kier molecular flexibility index (Phi) is 4.93. The molecule has 1 amide bonds. The lowest BCUT2D eigenvalue weighted by atomic mass is 10.1. The van der Waals surface area contributed by atoms with Gasteiger partial charge in [0.1, 0.15) is 0 Å². The molecular formula is C17H25N5O. The number of hydrogen-bond donors (Lipinski definition) is 2. The van der Waals surface area contributed by atoms with Crippen LogP contribution < -0.4 is 5.32 Å². The number of nitrogens with one attached hydrogen (secondary N) is 2. The molecule has 0 spiro atoms. The van der Waals surface area contributed by atoms with Gasteiger partial charge in [-0.05, 0) is 26.5 Å². The zero-order valence-electron chi connectivity index (χ0n) is 13.9. The average Bonchev–Trinajstić information content (AvgIpc) is 2.98. The number of piperazine rings is 1. The molecule has 2 heterocycles. The molecule has 124 valence electrons. The molecule has 1 fully saturated rings. The molecule has 0 aliphatic carbocycles. The van der Waals surface area contributed by atoms with Gasteiger partial charge in [-0.2, -0.15) is 5.10 Å². The van der Waals surface area contributed by atoms with Crippen LogP contribution in [0.15, 0.2) is 24.3 Å². The number of para-hydroxylation sites is 1. The number of amides is 1. The molecule has 1 aromatic heterocycles. The third kappa shape index (κ3) is 3.89. The molecule has 1 unspecified atom stereocenters. The van der Waals surface area contributed by atoms with Crippen molar-refractivity contribution < 1.29 is 4.79 Å². The van der Waals surface area contributed by atoms with Crippen LogP contribution in [-0.4, -0.2) is 71.7 Å². The highest BCUT2D eigenvalue weighted by Crippen LogP contribution is 2.15. The Hall–Kier alpha value is -1.92. The Balaban J connectivity index is 1.51. The molecule has 0 bridgehead atoms. The summed E-state index contributed by atoms with van der Waals surface area (Å²) in [6.45, 7) is 7.56. The van der Waals surface area contributed by atoms with Crippen molar-refractivity contribution in [2.24, 2.45) is 0 Å². The third-order valence-corrected chi connectivity index (χ3v) is 4.54. The Morgan fingerprint density at radius 2 is 2.04 bits per heavy atom. The van der Waals surface area contributed by atoms with Gasteiger partial charge in [-0.1, -0.05) is 18.2 Å². The van der Waals surface area contributed by atoms with Crippen LogP contribution in [0.3, 0.4) is 0 Å². The minimum absolute atomic E-state index is 0.103. The van der Waals surface area contributed by atoms with E-state index < -0.39 is 0 Å². The fourth-order valence-electron chi connectivity index (χ4n) is 2.95. The number of nitrogens with zero attached hydrogens (tertiary/aromatic N) is 3. The van der Waals surface area contributed by atoms with Crippen LogP contribution in [0.2, 0.25) is 0 Å². The minimum atomic E-state index is -0.103. The average molecular weight is 315 g/mol. The van der Waals surface area contributed by atoms with E-state index in [1.807, 2.05) is 24.3 Å². The quantitative estimate of drug-likeness (QED) is 0.873. The fourth-order valence-corrected chi connectivity index (χ4v) is 2.95. The number of aromatic amines is 1. The maximum absolute atomic E-state index is 12.4. The molecule has 6 nitrogen and oxygen atoms in total. The number of hydrogen-bond acceptors (Lipinski definition) is 4. The van der Waals surface area contributed by atoms with Crippen molar-refractivity contribution in [3.63, 3.8) is 0 Å². The first kappa shape index (κ1) is 16.0. The summed E-state index contributed by atoms with van der Waals surface area (Å²) in [4.78, 5) is 17.2. The molecule has 23 heavy (non-hydrogen) atoms. The SMILES string of the molecule is CC(CCN1CCN(C)CC1)NC(=O)c1n[nH]c2ccccc12. The summed E-state index contributed by atoms with van der Waals surface area (Å²) >= 11 is 0. The highest BCUT2D eigenvalue weighted by atomic mass is 16.2. The standard InChI is InChI=1S/C17H25N5O/c1-13(7-8-22-11-9-21(2)10-12-22)18-17(23)16-14-5-3-4-6-15(14)19-20-16/h3-6,13H,7-12H2,1-2H3,(H,18,23)(H,19,20). The number of fused-ring (bicyclic) bond motifs is 1. The Morgan fingerprint density at radius 3 is 2.83 bits per heavy atom. The Labute approximate surface area is 136 Å². The largest absolute Gasteiger partial charge is 0.348 e. The first-order chi connectivity index (χ1) is 11.1. The lowest BCUT2D eigenvalue weighted by molar-refractivity contribution is 0.0928. The highest BCUT2D eigenvalue weighted by Gasteiger charge is 2.18. The van der Waals surface area contributed by atoms with E-state index in [1.54, 1.807) is 0 Å². The summed E-state index contributed by atoms with van der Waals surface area (Å²) in [6, 6.07) is 7.84. The molecule has 6 heteroatoms. The normalized spacial score (nSPS) is 18.2. The van der Waals surface area contributed by atoms with Gasteiger partial charge in [-0.15, -0.1) is 0 Å².